The number of H-pyrrole nitrogens is 5. The van der Waals surface area contributed by atoms with Crippen LogP contribution in [0.15, 0.2) is 170 Å². The summed E-state index contributed by atoms with van der Waals surface area (Å²) >= 11 is 0. The van der Waals surface area contributed by atoms with Gasteiger partial charge in [-0.15, -0.1) is 0 Å². The van der Waals surface area contributed by atoms with Crippen LogP contribution in [0.4, 0.5) is 42.8 Å². The SMILES string of the molecule is C.C.CC(C)(C)OC(=O)N1CCCCC1c1cc2cc(N)ccc2[nH]1.CC(C)(C)OC(=O)OC(=O)OC(C)(C)C.CCN(CC)CC.Nc1ccc2[nH]c(C3CCCCN3)cc2c1.Nc1ccc2[nH]c(C3CCCCN3)cc2c1.O=[N+]([O-])c1ccc2[nH]c(-c3ccccn3)cc2c1.O=[N+]([O-])c1ccc2[nH]c(-c3ccccn3)cc2c1. The normalized spacial score (nSPS) is 15.3. The van der Waals surface area contributed by atoms with Gasteiger partial charge in [-0.1, -0.05) is 60.6 Å². The van der Waals surface area contributed by atoms with Crippen molar-refractivity contribution in [1.29, 1.82) is 0 Å². The van der Waals surface area contributed by atoms with Crippen molar-refractivity contribution in [1.82, 2.24) is 55.3 Å². The van der Waals surface area contributed by atoms with E-state index in [9.17, 15) is 34.6 Å². The zero-order valence-electron chi connectivity index (χ0n) is 66.9. The molecule has 5 aromatic carbocycles. The van der Waals surface area contributed by atoms with Crippen molar-refractivity contribution in [3.8, 4) is 22.8 Å². The standard InChI is InChI=1S/C18H25N3O2.2C13H9N3O2.2C13H17N3.C10H18O5.C6H15N.2CH4/c1-18(2,3)23-17(22)21-9-5-4-6-16(21)15-11-12-10-13(19)7-8-14(12)20-15;2*17-16(18)10-4-5-11-9(7-10)8-13(15-11)12-3-1-2-6-14-12;2*14-10-4-5-11-9(7-10)8-13(16-11)12-3-1-2-6-15-12;1-9(2,3)14-7(11)13-8(12)15-10(4,5)6;1-4-7(5-2)6-3;;/h7-8,10-11,16,20H,4-6,9,19H2,1-3H3;2*1-8,15H;2*4-5,7-8,12,15-16H,1-3,6,14H2;1-6H3;4-6H2,1-3H3;2*1H4. The number of nitrogen functional groups attached to an aromatic ring is 3. The van der Waals surface area contributed by atoms with Gasteiger partial charge in [-0.3, -0.25) is 35.1 Å². The van der Waals surface area contributed by atoms with E-state index < -0.39 is 39.0 Å². The van der Waals surface area contributed by atoms with Crippen molar-refractivity contribution in [3.05, 3.63) is 207 Å². The van der Waals surface area contributed by atoms with Crippen molar-refractivity contribution in [3.63, 3.8) is 0 Å². The van der Waals surface area contributed by atoms with E-state index in [0.717, 1.165) is 117 Å². The number of piperidine rings is 3. The van der Waals surface area contributed by atoms with Crippen LogP contribution in [-0.4, -0.2) is 129 Å². The fourth-order valence-electron chi connectivity index (χ4n) is 13.2. The highest BCUT2D eigenvalue weighted by Gasteiger charge is 2.33. The number of amides is 1. The van der Waals surface area contributed by atoms with Gasteiger partial charge in [0.1, 0.15) is 16.8 Å². The summed E-state index contributed by atoms with van der Waals surface area (Å²) in [6.45, 7) is 28.8. The largest absolute Gasteiger partial charge is 0.519 e. The van der Waals surface area contributed by atoms with Crippen LogP contribution in [0.25, 0.3) is 77.3 Å². The number of nitro benzene ring substituents is 2. The number of likely N-dealkylation sites (tertiary alicyclic amines) is 1. The minimum atomic E-state index is -1.06. The van der Waals surface area contributed by atoms with Crippen molar-refractivity contribution >= 4 is 101 Å². The van der Waals surface area contributed by atoms with Gasteiger partial charge in [-0.25, -0.2) is 14.4 Å². The van der Waals surface area contributed by atoms with E-state index >= 15 is 0 Å². The Kier molecular flexibility index (Phi) is 32.9. The van der Waals surface area contributed by atoms with E-state index in [2.05, 4.69) is 106 Å². The average Bonchev–Trinajstić information content (AvgIpc) is 1.71. The van der Waals surface area contributed by atoms with Crippen LogP contribution in [0.2, 0.25) is 0 Å². The molecule has 0 bridgehead atoms. The van der Waals surface area contributed by atoms with Gasteiger partial charge in [0.05, 0.1) is 38.7 Å². The third kappa shape index (κ3) is 27.5. The molecule has 3 atom stereocenters. The lowest BCUT2D eigenvalue weighted by molar-refractivity contribution is -0.384. The van der Waals surface area contributed by atoms with Gasteiger partial charge < -0.3 is 76.6 Å². The predicted octanol–water partition coefficient (Wildman–Crippen LogP) is 21.1. The van der Waals surface area contributed by atoms with Crippen LogP contribution < -0.4 is 27.8 Å². The molecule has 27 heteroatoms. The van der Waals surface area contributed by atoms with Crippen molar-refractivity contribution in [2.45, 2.75) is 191 Å². The van der Waals surface area contributed by atoms with Gasteiger partial charge in [0.25, 0.3) is 11.4 Å². The topological polar surface area (TPSA) is 388 Å². The number of aromatic nitrogens is 7. The molecule has 115 heavy (non-hydrogen) atoms. The molecule has 3 unspecified atom stereocenters. The number of nitrogens with two attached hydrogens (primary N) is 3. The maximum Gasteiger partial charge on any atom is 0.519 e. The molecular weight excluding hydrogens is 1460 g/mol. The van der Waals surface area contributed by atoms with E-state index in [1.807, 2.05) is 117 Å². The number of non-ortho nitro benzene ring substituents is 2. The predicted molar refractivity (Wildman–Crippen MR) is 464 cm³/mol. The summed E-state index contributed by atoms with van der Waals surface area (Å²) in [7, 11) is 0. The molecule has 3 fully saturated rings. The van der Waals surface area contributed by atoms with Crippen LogP contribution in [0.3, 0.4) is 0 Å². The molecule has 7 aromatic heterocycles. The highest BCUT2D eigenvalue weighted by Crippen LogP contribution is 2.36. The van der Waals surface area contributed by atoms with Crippen LogP contribution in [0, 0.1) is 20.2 Å². The van der Waals surface area contributed by atoms with E-state index in [1.165, 1.54) is 103 Å². The van der Waals surface area contributed by atoms with E-state index in [1.54, 1.807) is 78.2 Å². The number of hydrogen-bond donors (Lipinski definition) is 10. The van der Waals surface area contributed by atoms with Gasteiger partial charge in [0, 0.05) is 144 Å². The number of pyridine rings is 2. The summed E-state index contributed by atoms with van der Waals surface area (Å²) in [5.74, 6) is 0. The Hall–Kier alpha value is -11.8. The van der Waals surface area contributed by atoms with E-state index in [4.69, 9.17) is 31.4 Å². The summed E-state index contributed by atoms with van der Waals surface area (Å²) < 4.78 is 19.4. The number of nitrogens with one attached hydrogen (secondary N) is 7. The number of carbonyl (C=O) groups is 3. The lowest BCUT2D eigenvalue weighted by Crippen LogP contribution is -2.42. The number of carbonyl (C=O) groups excluding carboxylic acids is 3. The Bertz CT molecular complexity index is 4840. The quantitative estimate of drug-likeness (QED) is 0.0152. The molecule has 27 nitrogen and oxygen atoms in total. The lowest BCUT2D eigenvalue weighted by atomic mass is 10.00. The van der Waals surface area contributed by atoms with Crippen molar-refractivity contribution < 1.29 is 43.2 Å². The maximum atomic E-state index is 12.5. The maximum absolute atomic E-state index is 12.5. The number of fused-ring (bicyclic) bond motifs is 5. The Morgan fingerprint density at radius 2 is 0.826 bits per heavy atom. The summed E-state index contributed by atoms with van der Waals surface area (Å²) in [5, 5.41) is 33.6. The summed E-state index contributed by atoms with van der Waals surface area (Å²) in [6.07, 6.45) is 11.8. The number of anilines is 3. The van der Waals surface area contributed by atoms with Gasteiger partial charge in [-0.2, -0.15) is 0 Å². The Morgan fingerprint density at radius 3 is 1.17 bits per heavy atom. The molecule has 13 N–H and O–H groups in total. The second kappa shape index (κ2) is 41.8. The Morgan fingerprint density at radius 1 is 0.461 bits per heavy atom. The van der Waals surface area contributed by atoms with Gasteiger partial charge in [0.15, 0.2) is 0 Å². The Labute approximate surface area is 673 Å². The third-order valence-corrected chi connectivity index (χ3v) is 18.7. The average molecular weight is 1580 g/mol. The van der Waals surface area contributed by atoms with Crippen molar-refractivity contribution in [2.75, 3.05) is 56.5 Å². The molecule has 3 saturated heterocycles. The van der Waals surface area contributed by atoms with Gasteiger partial charge >= 0.3 is 18.4 Å². The van der Waals surface area contributed by atoms with Crippen LogP contribution in [0.1, 0.15) is 191 Å². The molecular formula is C88H118N16O11. The van der Waals surface area contributed by atoms with Crippen LogP contribution >= 0.6 is 0 Å². The molecule has 1 amide bonds. The molecule has 0 saturated carbocycles. The first-order chi connectivity index (χ1) is 53.8. The number of aromatic amines is 5. The van der Waals surface area contributed by atoms with E-state index in [0.29, 0.717) is 12.1 Å². The van der Waals surface area contributed by atoms with E-state index in [-0.39, 0.29) is 38.4 Å². The molecule has 616 valence electrons. The molecule has 0 spiro atoms. The number of ether oxygens (including phenoxy) is 4. The van der Waals surface area contributed by atoms with Crippen LogP contribution in [0.5, 0.6) is 0 Å². The summed E-state index contributed by atoms with van der Waals surface area (Å²) in [6, 6.07) is 49.9. The second-order valence-electron chi connectivity index (χ2n) is 30.9. The van der Waals surface area contributed by atoms with Crippen LogP contribution in [-0.2, 0) is 18.9 Å². The number of nitrogens with zero attached hydrogens (tertiary/aromatic N) is 6. The highest BCUT2D eigenvalue weighted by atomic mass is 16.8. The number of benzene rings is 5. The molecule has 0 radical (unpaired) electrons. The molecule has 3 aliphatic rings. The van der Waals surface area contributed by atoms with Gasteiger partial charge in [0.2, 0.25) is 0 Å². The first-order valence-electron chi connectivity index (χ1n) is 38.7. The molecule has 0 aliphatic carbocycles. The minimum absolute atomic E-state index is 0. The first-order valence-corrected chi connectivity index (χ1v) is 38.7. The molecule has 15 rings (SSSR count). The first kappa shape index (κ1) is 90.4. The molecule has 10 heterocycles. The summed E-state index contributed by atoms with van der Waals surface area (Å²) in [4.78, 5) is 84.6. The van der Waals surface area contributed by atoms with Gasteiger partial charge in [-0.05, 0) is 261 Å². The fraction of sp³-hybridized carbons (Fsp3) is 0.398. The van der Waals surface area contributed by atoms with Crippen molar-refractivity contribution in [2.24, 2.45) is 0 Å². The number of rotatable bonds is 10. The Balaban J connectivity index is 0.000000188. The molecule has 3 aliphatic heterocycles. The second-order valence-corrected chi connectivity index (χ2v) is 30.9. The zero-order chi connectivity index (χ0) is 81.6. The molecule has 12 aromatic rings. The smallest absolute Gasteiger partial charge is 0.444 e. The zero-order valence-corrected chi connectivity index (χ0v) is 66.9. The third-order valence-electron chi connectivity index (χ3n) is 18.7. The minimum Gasteiger partial charge on any atom is -0.444 e. The number of nitro groups is 2. The summed E-state index contributed by atoms with van der Waals surface area (Å²) in [5.41, 5.74) is 30.2. The lowest BCUT2D eigenvalue weighted by Gasteiger charge is -2.36. The number of hydrogen-bond acceptors (Lipinski definition) is 19. The fourth-order valence-corrected chi connectivity index (χ4v) is 13.2. The monoisotopic (exact) mass is 1570 g/mol. The highest BCUT2D eigenvalue weighted by molar-refractivity contribution is 5.89.